The van der Waals surface area contributed by atoms with Gasteiger partial charge in [0.25, 0.3) is 5.78 Å². The van der Waals surface area contributed by atoms with E-state index in [0.717, 1.165) is 18.1 Å². The van der Waals surface area contributed by atoms with Crippen LogP contribution in [0.25, 0.3) is 5.78 Å². The molecule has 5 nitrogen and oxygen atoms in total. The van der Waals surface area contributed by atoms with E-state index in [1.807, 2.05) is 13.0 Å². The van der Waals surface area contributed by atoms with Crippen LogP contribution in [0.3, 0.4) is 0 Å². The van der Waals surface area contributed by atoms with Crippen molar-refractivity contribution >= 4 is 11.6 Å². The second kappa shape index (κ2) is 4.55. The second-order valence-electron chi connectivity index (χ2n) is 5.75. The van der Waals surface area contributed by atoms with Crippen molar-refractivity contribution in [1.29, 1.82) is 0 Å². The average molecular weight is 279 g/mol. The summed E-state index contributed by atoms with van der Waals surface area (Å²) in [5, 5.41) is 7.77. The number of nitrogens with zero attached hydrogens (tertiary/aromatic N) is 4. The van der Waals surface area contributed by atoms with Gasteiger partial charge in [-0.3, -0.25) is 0 Å². The Bertz CT molecular complexity index is 774. The molecule has 106 valence electrons. The normalized spacial score (nSPS) is 16.0. The van der Waals surface area contributed by atoms with E-state index < -0.39 is 0 Å². The van der Waals surface area contributed by atoms with Gasteiger partial charge in [-0.05, 0) is 25.3 Å². The van der Waals surface area contributed by atoms with Gasteiger partial charge in [0.1, 0.15) is 12.1 Å². The minimum Gasteiger partial charge on any atom is -0.369 e. The highest BCUT2D eigenvalue weighted by Gasteiger charge is 2.43. The first-order valence-electron chi connectivity index (χ1n) is 7.24. The molecule has 0 saturated heterocycles. The first-order valence-corrected chi connectivity index (χ1v) is 7.24. The molecule has 0 atom stereocenters. The summed E-state index contributed by atoms with van der Waals surface area (Å²) < 4.78 is 1.76. The molecule has 1 N–H and O–H groups in total. The van der Waals surface area contributed by atoms with Crippen molar-refractivity contribution in [2.75, 3.05) is 11.9 Å². The fourth-order valence-corrected chi connectivity index (χ4v) is 2.83. The van der Waals surface area contributed by atoms with Gasteiger partial charge in [0.2, 0.25) is 0 Å². The summed E-state index contributed by atoms with van der Waals surface area (Å²) in [5.41, 5.74) is 2.63. The van der Waals surface area contributed by atoms with Crippen LogP contribution in [0, 0.1) is 6.92 Å². The summed E-state index contributed by atoms with van der Waals surface area (Å²) in [5.74, 6) is 1.60. The van der Waals surface area contributed by atoms with Gasteiger partial charge >= 0.3 is 0 Å². The van der Waals surface area contributed by atoms with Crippen LogP contribution in [0.4, 0.5) is 5.82 Å². The zero-order chi connectivity index (χ0) is 14.3. The summed E-state index contributed by atoms with van der Waals surface area (Å²) >= 11 is 0. The number of hydrogen-bond acceptors (Lipinski definition) is 4. The zero-order valence-corrected chi connectivity index (χ0v) is 12.0. The Morgan fingerprint density at radius 2 is 2.05 bits per heavy atom. The predicted molar refractivity (Wildman–Crippen MR) is 81.4 cm³/mol. The zero-order valence-electron chi connectivity index (χ0n) is 12.0. The molecule has 1 saturated carbocycles. The van der Waals surface area contributed by atoms with Crippen LogP contribution >= 0.6 is 0 Å². The Labute approximate surface area is 123 Å². The van der Waals surface area contributed by atoms with Gasteiger partial charge in [-0.1, -0.05) is 30.3 Å². The molecular formula is C16H17N5. The standard InChI is InChI=1S/C16H17N5/c1-12-9-14(21-15(20-12)18-11-19-21)17-10-16(7-8-16)13-5-3-2-4-6-13/h2-6,9,11,17H,7-8,10H2,1H3. The van der Waals surface area contributed by atoms with E-state index in [1.165, 1.54) is 24.7 Å². The fourth-order valence-electron chi connectivity index (χ4n) is 2.83. The van der Waals surface area contributed by atoms with E-state index in [1.54, 1.807) is 4.52 Å². The van der Waals surface area contributed by atoms with Crippen LogP contribution in [0.15, 0.2) is 42.7 Å². The van der Waals surface area contributed by atoms with Crippen molar-refractivity contribution in [3.8, 4) is 0 Å². The molecule has 0 unspecified atom stereocenters. The molecule has 1 aromatic carbocycles. The van der Waals surface area contributed by atoms with Gasteiger partial charge in [-0.2, -0.15) is 14.6 Å². The summed E-state index contributed by atoms with van der Waals surface area (Å²) in [7, 11) is 0. The highest BCUT2D eigenvalue weighted by Crippen LogP contribution is 2.48. The van der Waals surface area contributed by atoms with Gasteiger partial charge < -0.3 is 5.32 Å². The molecule has 1 aliphatic carbocycles. The van der Waals surface area contributed by atoms with E-state index in [0.29, 0.717) is 5.78 Å². The molecule has 0 radical (unpaired) electrons. The van der Waals surface area contributed by atoms with Crippen molar-refractivity contribution in [3.63, 3.8) is 0 Å². The lowest BCUT2D eigenvalue weighted by Crippen LogP contribution is -2.21. The van der Waals surface area contributed by atoms with Crippen molar-refractivity contribution in [2.24, 2.45) is 0 Å². The summed E-state index contributed by atoms with van der Waals surface area (Å²) in [6.45, 7) is 2.89. The minimum atomic E-state index is 0.269. The quantitative estimate of drug-likeness (QED) is 0.797. The molecule has 0 spiro atoms. The lowest BCUT2D eigenvalue weighted by molar-refractivity contribution is 0.725. The number of hydrogen-bond donors (Lipinski definition) is 1. The Morgan fingerprint density at radius 1 is 1.24 bits per heavy atom. The third kappa shape index (κ3) is 2.14. The Morgan fingerprint density at radius 3 is 2.81 bits per heavy atom. The molecule has 5 heteroatoms. The summed E-state index contributed by atoms with van der Waals surface area (Å²) in [6.07, 6.45) is 4.00. The van der Waals surface area contributed by atoms with E-state index >= 15 is 0 Å². The van der Waals surface area contributed by atoms with E-state index in [-0.39, 0.29) is 5.41 Å². The predicted octanol–water partition coefficient (Wildman–Crippen LogP) is 2.58. The van der Waals surface area contributed by atoms with Gasteiger partial charge in [-0.25, -0.2) is 4.98 Å². The van der Waals surface area contributed by atoms with Crippen LogP contribution in [0.1, 0.15) is 24.1 Å². The average Bonchev–Trinajstić information content (AvgIpc) is 3.16. The van der Waals surface area contributed by atoms with Gasteiger partial charge in [0.15, 0.2) is 0 Å². The SMILES string of the molecule is Cc1cc(NCC2(c3ccccc3)CC2)n2ncnc2n1. The van der Waals surface area contributed by atoms with Crippen molar-refractivity contribution in [3.05, 3.63) is 54.0 Å². The van der Waals surface area contributed by atoms with Crippen LogP contribution in [0.5, 0.6) is 0 Å². The lowest BCUT2D eigenvalue weighted by atomic mass is 9.96. The molecule has 1 fully saturated rings. The van der Waals surface area contributed by atoms with E-state index in [4.69, 9.17) is 0 Å². The Kier molecular flexibility index (Phi) is 2.67. The maximum Gasteiger partial charge on any atom is 0.254 e. The maximum absolute atomic E-state index is 4.36. The van der Waals surface area contributed by atoms with Crippen molar-refractivity contribution < 1.29 is 0 Å². The van der Waals surface area contributed by atoms with Crippen LogP contribution in [-0.2, 0) is 5.41 Å². The maximum atomic E-state index is 4.36. The molecule has 3 aromatic rings. The monoisotopic (exact) mass is 279 g/mol. The molecule has 0 bridgehead atoms. The molecule has 0 amide bonds. The third-order valence-electron chi connectivity index (χ3n) is 4.23. The van der Waals surface area contributed by atoms with E-state index in [9.17, 15) is 0 Å². The Balaban J connectivity index is 1.60. The van der Waals surface area contributed by atoms with E-state index in [2.05, 4.69) is 50.7 Å². The smallest absolute Gasteiger partial charge is 0.254 e. The molecule has 1 aliphatic rings. The number of anilines is 1. The molecule has 0 aliphatic heterocycles. The number of fused-ring (bicyclic) bond motifs is 1. The number of rotatable bonds is 4. The first kappa shape index (κ1) is 12.3. The highest BCUT2D eigenvalue weighted by atomic mass is 15.3. The number of nitrogens with one attached hydrogen (secondary N) is 1. The molecule has 2 aromatic heterocycles. The lowest BCUT2D eigenvalue weighted by Gasteiger charge is -2.17. The molecular weight excluding hydrogens is 262 g/mol. The third-order valence-corrected chi connectivity index (χ3v) is 4.23. The summed E-state index contributed by atoms with van der Waals surface area (Å²) in [4.78, 5) is 8.52. The first-order chi connectivity index (χ1) is 10.3. The Hall–Kier alpha value is -2.43. The van der Waals surface area contributed by atoms with Crippen LogP contribution in [-0.4, -0.2) is 26.1 Å². The van der Waals surface area contributed by atoms with Gasteiger partial charge in [0.05, 0.1) is 0 Å². The largest absolute Gasteiger partial charge is 0.369 e. The van der Waals surface area contributed by atoms with Crippen molar-refractivity contribution in [1.82, 2.24) is 19.6 Å². The number of benzene rings is 1. The topological polar surface area (TPSA) is 55.1 Å². The van der Waals surface area contributed by atoms with Gasteiger partial charge in [0, 0.05) is 23.7 Å². The highest BCUT2D eigenvalue weighted by molar-refractivity contribution is 5.46. The molecule has 21 heavy (non-hydrogen) atoms. The van der Waals surface area contributed by atoms with Crippen LogP contribution < -0.4 is 5.32 Å². The number of aromatic nitrogens is 4. The minimum absolute atomic E-state index is 0.269. The second-order valence-corrected chi connectivity index (χ2v) is 5.75. The van der Waals surface area contributed by atoms with Crippen molar-refractivity contribution in [2.45, 2.75) is 25.2 Å². The number of aryl methyl sites for hydroxylation is 1. The summed E-state index contributed by atoms with van der Waals surface area (Å²) in [6, 6.07) is 12.7. The van der Waals surface area contributed by atoms with Gasteiger partial charge in [-0.15, -0.1) is 0 Å². The molecule has 2 heterocycles. The molecule has 4 rings (SSSR count). The van der Waals surface area contributed by atoms with Crippen LogP contribution in [0.2, 0.25) is 0 Å². The fraction of sp³-hybridized carbons (Fsp3) is 0.312.